The molecule has 28 heavy (non-hydrogen) atoms. The summed E-state index contributed by atoms with van der Waals surface area (Å²) in [5, 5.41) is 14.1. The molecule has 1 saturated heterocycles. The summed E-state index contributed by atoms with van der Waals surface area (Å²) >= 11 is 5.80. The molecular formula is C20H24ClN5O2. The van der Waals surface area contributed by atoms with E-state index in [1.54, 1.807) is 30.3 Å². The number of rotatable bonds is 5. The van der Waals surface area contributed by atoms with E-state index in [1.807, 2.05) is 24.8 Å². The molecule has 2 heterocycles. The molecule has 8 heteroatoms. The largest absolute Gasteiger partial charge is 0.354 e. The van der Waals surface area contributed by atoms with Crippen molar-refractivity contribution in [3.8, 4) is 0 Å². The van der Waals surface area contributed by atoms with Crippen LogP contribution in [0.4, 0.5) is 11.5 Å². The second-order valence-electron chi connectivity index (χ2n) is 7.20. The van der Waals surface area contributed by atoms with Gasteiger partial charge in [-0.15, -0.1) is 10.2 Å². The standard InChI is InChI=1S/C20H24ClN5O2/c1-13(2)22-19(27)14-5-3-7-16(11-14)23-20(28)15-6-4-10-26(12-15)18-9-8-17(21)24-25-18/h3,5,7-9,11,13,15H,4,6,10,12H2,1-2H3,(H,22,27)(H,23,28)/t15-/m1/s1. The van der Waals surface area contributed by atoms with Gasteiger partial charge in [0.1, 0.15) is 0 Å². The van der Waals surface area contributed by atoms with Gasteiger partial charge in [-0.1, -0.05) is 17.7 Å². The minimum atomic E-state index is -0.167. The highest BCUT2D eigenvalue weighted by Gasteiger charge is 2.27. The Bertz CT molecular complexity index is 841. The Kier molecular flexibility index (Phi) is 6.46. The zero-order valence-corrected chi connectivity index (χ0v) is 16.7. The SMILES string of the molecule is CC(C)NC(=O)c1cccc(NC(=O)[C@@H]2CCCN(c3ccc(Cl)nn3)C2)c1. The van der Waals surface area contributed by atoms with Crippen molar-refractivity contribution < 1.29 is 9.59 Å². The van der Waals surface area contributed by atoms with Crippen molar-refractivity contribution in [2.24, 2.45) is 5.92 Å². The van der Waals surface area contributed by atoms with Gasteiger partial charge >= 0.3 is 0 Å². The number of amides is 2. The van der Waals surface area contributed by atoms with Crippen LogP contribution in [-0.4, -0.2) is 41.1 Å². The van der Waals surface area contributed by atoms with E-state index in [-0.39, 0.29) is 23.8 Å². The van der Waals surface area contributed by atoms with Gasteiger partial charge in [-0.25, -0.2) is 0 Å². The molecule has 2 N–H and O–H groups in total. The molecule has 2 aromatic rings. The average Bonchev–Trinajstić information content (AvgIpc) is 2.68. The molecule has 0 aliphatic carbocycles. The maximum absolute atomic E-state index is 12.8. The van der Waals surface area contributed by atoms with Crippen LogP contribution in [0, 0.1) is 5.92 Å². The van der Waals surface area contributed by atoms with E-state index in [4.69, 9.17) is 11.6 Å². The first kappa shape index (κ1) is 20.1. The molecule has 0 unspecified atom stereocenters. The lowest BCUT2D eigenvalue weighted by atomic mass is 9.97. The van der Waals surface area contributed by atoms with Crippen molar-refractivity contribution in [1.29, 1.82) is 0 Å². The predicted octanol–water partition coefficient (Wildman–Crippen LogP) is 3.12. The number of nitrogens with one attached hydrogen (secondary N) is 2. The average molecular weight is 402 g/mol. The maximum atomic E-state index is 12.8. The van der Waals surface area contributed by atoms with Gasteiger partial charge in [0, 0.05) is 30.4 Å². The second-order valence-corrected chi connectivity index (χ2v) is 7.58. The normalized spacial score (nSPS) is 16.7. The van der Waals surface area contributed by atoms with Crippen LogP contribution in [-0.2, 0) is 4.79 Å². The van der Waals surface area contributed by atoms with Crippen LogP contribution >= 0.6 is 11.6 Å². The van der Waals surface area contributed by atoms with E-state index >= 15 is 0 Å². The number of anilines is 2. The third-order valence-electron chi connectivity index (χ3n) is 4.55. The van der Waals surface area contributed by atoms with E-state index in [1.165, 1.54) is 0 Å². The molecule has 1 atom stereocenters. The molecule has 2 amide bonds. The molecule has 0 saturated carbocycles. The molecule has 7 nitrogen and oxygen atoms in total. The highest BCUT2D eigenvalue weighted by molar-refractivity contribution is 6.29. The van der Waals surface area contributed by atoms with Gasteiger partial charge in [-0.3, -0.25) is 9.59 Å². The first-order valence-corrected chi connectivity index (χ1v) is 9.76. The first-order chi connectivity index (χ1) is 13.4. The molecule has 148 valence electrons. The topological polar surface area (TPSA) is 87.2 Å². The fraction of sp³-hybridized carbons (Fsp3) is 0.400. The predicted molar refractivity (Wildman–Crippen MR) is 110 cm³/mol. The highest BCUT2D eigenvalue weighted by atomic mass is 35.5. The molecule has 1 fully saturated rings. The smallest absolute Gasteiger partial charge is 0.251 e. The van der Waals surface area contributed by atoms with Crippen molar-refractivity contribution in [3.63, 3.8) is 0 Å². The summed E-state index contributed by atoms with van der Waals surface area (Å²) in [5.74, 6) is 0.331. The maximum Gasteiger partial charge on any atom is 0.251 e. The third-order valence-corrected chi connectivity index (χ3v) is 4.75. The van der Waals surface area contributed by atoms with Crippen molar-refractivity contribution in [1.82, 2.24) is 15.5 Å². The Morgan fingerprint density at radius 1 is 1.21 bits per heavy atom. The fourth-order valence-electron chi connectivity index (χ4n) is 3.20. The van der Waals surface area contributed by atoms with E-state index < -0.39 is 0 Å². The molecule has 1 aromatic heterocycles. The lowest BCUT2D eigenvalue weighted by Gasteiger charge is -2.32. The lowest BCUT2D eigenvalue weighted by molar-refractivity contribution is -0.120. The Morgan fingerprint density at radius 2 is 2.04 bits per heavy atom. The van der Waals surface area contributed by atoms with Crippen molar-refractivity contribution in [3.05, 3.63) is 47.1 Å². The number of aromatic nitrogens is 2. The Balaban J connectivity index is 1.64. The molecule has 1 aliphatic rings. The zero-order chi connectivity index (χ0) is 20.1. The molecule has 1 aliphatic heterocycles. The Labute approximate surface area is 169 Å². The third kappa shape index (κ3) is 5.19. The minimum absolute atomic E-state index is 0.0509. The molecular weight excluding hydrogens is 378 g/mol. The van der Waals surface area contributed by atoms with E-state index in [0.29, 0.717) is 28.8 Å². The molecule has 1 aromatic carbocycles. The van der Waals surface area contributed by atoms with Gasteiger partial charge in [0.05, 0.1) is 5.92 Å². The summed E-state index contributed by atoms with van der Waals surface area (Å²) in [7, 11) is 0. The zero-order valence-electron chi connectivity index (χ0n) is 16.0. The van der Waals surface area contributed by atoms with Gasteiger partial charge in [0.2, 0.25) is 5.91 Å². The summed E-state index contributed by atoms with van der Waals surface area (Å²) in [6.07, 6.45) is 1.69. The number of hydrogen-bond acceptors (Lipinski definition) is 5. The number of halogens is 1. The van der Waals surface area contributed by atoms with E-state index in [2.05, 4.69) is 20.8 Å². The number of nitrogens with zero attached hydrogens (tertiary/aromatic N) is 3. The summed E-state index contributed by atoms with van der Waals surface area (Å²) in [6.45, 7) is 5.20. The lowest BCUT2D eigenvalue weighted by Crippen LogP contribution is -2.41. The molecule has 3 rings (SSSR count). The number of carbonyl (C=O) groups is 2. The number of piperidine rings is 1. The molecule has 0 bridgehead atoms. The van der Waals surface area contributed by atoms with E-state index in [0.717, 1.165) is 19.4 Å². The van der Waals surface area contributed by atoms with Crippen molar-refractivity contribution in [2.45, 2.75) is 32.7 Å². The van der Waals surface area contributed by atoms with Crippen molar-refractivity contribution in [2.75, 3.05) is 23.3 Å². The Hall–Kier alpha value is -2.67. The summed E-state index contributed by atoms with van der Waals surface area (Å²) in [6, 6.07) is 10.5. The summed E-state index contributed by atoms with van der Waals surface area (Å²) < 4.78 is 0. The van der Waals surface area contributed by atoms with Crippen molar-refractivity contribution >= 4 is 34.9 Å². The van der Waals surface area contributed by atoms with Gasteiger partial charge < -0.3 is 15.5 Å². The highest BCUT2D eigenvalue weighted by Crippen LogP contribution is 2.23. The van der Waals surface area contributed by atoms with Gasteiger partial charge in [-0.05, 0) is 57.0 Å². The number of benzene rings is 1. The minimum Gasteiger partial charge on any atom is -0.354 e. The van der Waals surface area contributed by atoms with Crippen LogP contribution in [0.3, 0.4) is 0 Å². The van der Waals surface area contributed by atoms with Crippen LogP contribution in [0.25, 0.3) is 0 Å². The fourth-order valence-corrected chi connectivity index (χ4v) is 3.31. The van der Waals surface area contributed by atoms with Crippen LogP contribution in [0.1, 0.15) is 37.0 Å². The van der Waals surface area contributed by atoms with Crippen LogP contribution < -0.4 is 15.5 Å². The molecule has 0 radical (unpaired) electrons. The van der Waals surface area contributed by atoms with Gasteiger partial charge in [-0.2, -0.15) is 0 Å². The molecule has 0 spiro atoms. The van der Waals surface area contributed by atoms with Gasteiger partial charge in [0.15, 0.2) is 11.0 Å². The number of hydrogen-bond donors (Lipinski definition) is 2. The van der Waals surface area contributed by atoms with Gasteiger partial charge in [0.25, 0.3) is 5.91 Å². The quantitative estimate of drug-likeness (QED) is 0.803. The van der Waals surface area contributed by atoms with Crippen LogP contribution in [0.5, 0.6) is 0 Å². The summed E-state index contributed by atoms with van der Waals surface area (Å²) in [4.78, 5) is 27.0. The van der Waals surface area contributed by atoms with Crippen LogP contribution in [0.2, 0.25) is 5.15 Å². The van der Waals surface area contributed by atoms with E-state index in [9.17, 15) is 9.59 Å². The first-order valence-electron chi connectivity index (χ1n) is 9.38. The second kappa shape index (κ2) is 9.01. The number of carbonyl (C=O) groups excluding carboxylic acids is 2. The summed E-state index contributed by atoms with van der Waals surface area (Å²) in [5.41, 5.74) is 1.14. The van der Waals surface area contributed by atoms with Crippen LogP contribution in [0.15, 0.2) is 36.4 Å². The Morgan fingerprint density at radius 3 is 2.75 bits per heavy atom. The monoisotopic (exact) mass is 401 g/mol.